The number of anilines is 1. The van der Waals surface area contributed by atoms with Crippen molar-refractivity contribution in [1.82, 2.24) is 0 Å². The summed E-state index contributed by atoms with van der Waals surface area (Å²) in [5.41, 5.74) is 3.03. The van der Waals surface area contributed by atoms with Gasteiger partial charge in [-0.3, -0.25) is 0 Å². The summed E-state index contributed by atoms with van der Waals surface area (Å²) in [6, 6.07) is 7.36. The maximum Gasteiger partial charge on any atom is 0.0798 e. The molecule has 1 aromatic carbocycles. The first-order chi connectivity index (χ1) is 12.4. The monoisotopic (exact) mass is 357 g/mol. The quantitative estimate of drug-likeness (QED) is 0.581. The Morgan fingerprint density at radius 1 is 0.720 bits per heavy atom. The lowest BCUT2D eigenvalue weighted by atomic mass is 9.86. The highest BCUT2D eigenvalue weighted by Gasteiger charge is 2.29. The van der Waals surface area contributed by atoms with Gasteiger partial charge in [0.05, 0.1) is 5.37 Å². The minimum absolute atomic E-state index is 0.626. The molecular weight excluding hydrogens is 322 g/mol. The largest absolute Gasteiger partial charge is 0.372 e. The van der Waals surface area contributed by atoms with Crippen molar-refractivity contribution >= 4 is 17.4 Å². The van der Waals surface area contributed by atoms with Crippen LogP contribution >= 0.6 is 11.8 Å². The fourth-order valence-corrected chi connectivity index (χ4v) is 6.51. The molecule has 0 amide bonds. The molecule has 0 bridgehead atoms. The van der Waals surface area contributed by atoms with E-state index in [0.717, 1.165) is 11.8 Å². The molecule has 0 radical (unpaired) electrons. The molecule has 4 rings (SSSR count). The van der Waals surface area contributed by atoms with Crippen LogP contribution in [-0.2, 0) is 0 Å². The minimum Gasteiger partial charge on any atom is -0.372 e. The lowest BCUT2D eigenvalue weighted by molar-refractivity contribution is 0.381. The van der Waals surface area contributed by atoms with Gasteiger partial charge in [-0.1, -0.05) is 82.0 Å². The number of benzene rings is 1. The predicted molar refractivity (Wildman–Crippen MR) is 111 cm³/mol. The predicted octanol–water partition coefficient (Wildman–Crippen LogP) is 7.72. The number of rotatable bonds is 2. The molecule has 1 unspecified atom stereocenters. The van der Waals surface area contributed by atoms with Crippen LogP contribution in [0.4, 0.5) is 5.69 Å². The third-order valence-corrected chi connectivity index (χ3v) is 8.06. The van der Waals surface area contributed by atoms with Gasteiger partial charge in [-0.25, -0.2) is 0 Å². The molecule has 2 fully saturated rings. The van der Waals surface area contributed by atoms with Gasteiger partial charge in [-0.15, -0.1) is 0 Å². The molecule has 25 heavy (non-hydrogen) atoms. The maximum absolute atomic E-state index is 3.87. The molecule has 1 aliphatic heterocycles. The summed E-state index contributed by atoms with van der Waals surface area (Å²) in [4.78, 5) is 1.53. The van der Waals surface area contributed by atoms with Crippen molar-refractivity contribution in [3.63, 3.8) is 0 Å². The molecule has 0 saturated heterocycles. The fourth-order valence-electron chi connectivity index (χ4n) is 5.12. The van der Waals surface area contributed by atoms with Gasteiger partial charge in [-0.2, -0.15) is 0 Å². The van der Waals surface area contributed by atoms with Gasteiger partial charge in [0.2, 0.25) is 0 Å². The minimum atomic E-state index is 0.626. The zero-order valence-corrected chi connectivity index (χ0v) is 16.6. The maximum atomic E-state index is 3.87. The van der Waals surface area contributed by atoms with E-state index in [1.165, 1.54) is 100 Å². The Bertz CT molecular complexity index is 539. The van der Waals surface area contributed by atoms with Gasteiger partial charge >= 0.3 is 0 Å². The van der Waals surface area contributed by atoms with Gasteiger partial charge in [0.15, 0.2) is 0 Å². The third kappa shape index (κ3) is 4.56. The van der Waals surface area contributed by atoms with Crippen LogP contribution in [0.3, 0.4) is 0 Å². The van der Waals surface area contributed by atoms with Crippen molar-refractivity contribution in [2.24, 2.45) is 5.92 Å². The summed E-state index contributed by atoms with van der Waals surface area (Å²) in [6.45, 7) is 0. The van der Waals surface area contributed by atoms with E-state index < -0.39 is 0 Å². The Hall–Kier alpha value is -0.630. The number of nitrogens with one attached hydrogen (secondary N) is 1. The summed E-state index contributed by atoms with van der Waals surface area (Å²) in [6.07, 6.45) is 20.1. The van der Waals surface area contributed by atoms with E-state index in [0.29, 0.717) is 5.37 Å². The molecule has 138 valence electrons. The van der Waals surface area contributed by atoms with E-state index in [4.69, 9.17) is 0 Å². The highest BCUT2D eigenvalue weighted by atomic mass is 32.2. The first-order valence-corrected chi connectivity index (χ1v) is 11.9. The molecular formula is C23H35NS. The zero-order valence-electron chi connectivity index (χ0n) is 15.8. The van der Waals surface area contributed by atoms with Crippen LogP contribution in [0.1, 0.15) is 101 Å². The molecule has 3 aliphatic rings. The first-order valence-electron chi connectivity index (χ1n) is 11.0. The Morgan fingerprint density at radius 3 is 2.00 bits per heavy atom. The Morgan fingerprint density at radius 2 is 1.32 bits per heavy atom. The fraction of sp³-hybridized carbons (Fsp3) is 0.739. The number of hydrogen-bond donors (Lipinski definition) is 1. The SMILES string of the molecule is c1cc2c(cc1C1CCCCCCC1)SC(C1CCCCCCC1)N2. The highest BCUT2D eigenvalue weighted by molar-refractivity contribution is 8.00. The Balaban J connectivity index is 1.42. The van der Waals surface area contributed by atoms with E-state index in [9.17, 15) is 0 Å². The number of hydrogen-bond acceptors (Lipinski definition) is 2. The lowest BCUT2D eigenvalue weighted by Crippen LogP contribution is -2.23. The topological polar surface area (TPSA) is 12.0 Å². The van der Waals surface area contributed by atoms with Gasteiger partial charge in [0.1, 0.15) is 0 Å². The normalized spacial score (nSPS) is 26.8. The summed E-state index contributed by atoms with van der Waals surface area (Å²) in [7, 11) is 0. The van der Waals surface area contributed by atoms with Crippen molar-refractivity contribution < 1.29 is 0 Å². The smallest absolute Gasteiger partial charge is 0.0798 e. The van der Waals surface area contributed by atoms with E-state index in [1.54, 1.807) is 5.56 Å². The second kappa shape index (κ2) is 8.84. The molecule has 1 nitrogen and oxygen atoms in total. The van der Waals surface area contributed by atoms with Crippen LogP contribution in [0.25, 0.3) is 0 Å². The van der Waals surface area contributed by atoms with Crippen LogP contribution in [0.5, 0.6) is 0 Å². The second-order valence-corrected chi connectivity index (χ2v) is 9.77. The molecule has 2 aliphatic carbocycles. The van der Waals surface area contributed by atoms with E-state index in [2.05, 4.69) is 35.3 Å². The van der Waals surface area contributed by atoms with Crippen LogP contribution in [0.15, 0.2) is 23.1 Å². The molecule has 0 aromatic heterocycles. The van der Waals surface area contributed by atoms with Crippen molar-refractivity contribution in [3.8, 4) is 0 Å². The summed E-state index contributed by atoms with van der Waals surface area (Å²) < 4.78 is 0. The van der Waals surface area contributed by atoms with Crippen LogP contribution in [-0.4, -0.2) is 5.37 Å². The van der Waals surface area contributed by atoms with Gasteiger partial charge in [0.25, 0.3) is 0 Å². The molecule has 2 saturated carbocycles. The summed E-state index contributed by atoms with van der Waals surface area (Å²) >= 11 is 2.14. The average Bonchev–Trinajstić information content (AvgIpc) is 2.97. The molecule has 2 heteroatoms. The number of fused-ring (bicyclic) bond motifs is 1. The molecule has 0 spiro atoms. The Kier molecular flexibility index (Phi) is 6.28. The van der Waals surface area contributed by atoms with Crippen LogP contribution in [0, 0.1) is 5.92 Å². The summed E-state index contributed by atoms with van der Waals surface area (Å²) in [5.74, 6) is 1.68. The van der Waals surface area contributed by atoms with Crippen LogP contribution < -0.4 is 5.32 Å². The standard InChI is InChI=1S/C23H35NS/c1-3-7-11-18(12-8-4-1)20-15-16-21-22(17-20)25-23(24-21)19-13-9-5-2-6-10-14-19/h15-19,23-24H,1-14H2. The van der Waals surface area contributed by atoms with Crippen molar-refractivity contribution in [2.45, 2.75) is 106 Å². The van der Waals surface area contributed by atoms with E-state index in [-0.39, 0.29) is 0 Å². The zero-order chi connectivity index (χ0) is 16.9. The average molecular weight is 358 g/mol. The summed E-state index contributed by atoms with van der Waals surface area (Å²) in [5, 5.41) is 4.49. The van der Waals surface area contributed by atoms with E-state index in [1.807, 2.05) is 0 Å². The Labute approximate surface area is 158 Å². The highest BCUT2D eigenvalue weighted by Crippen LogP contribution is 2.45. The number of thioether (sulfide) groups is 1. The lowest BCUT2D eigenvalue weighted by Gasteiger charge is -2.25. The van der Waals surface area contributed by atoms with Gasteiger partial charge in [0, 0.05) is 10.6 Å². The molecule has 1 atom stereocenters. The first kappa shape index (κ1) is 17.8. The van der Waals surface area contributed by atoms with Crippen LogP contribution in [0.2, 0.25) is 0 Å². The molecule has 1 N–H and O–H groups in total. The molecule has 1 aromatic rings. The van der Waals surface area contributed by atoms with Gasteiger partial charge in [-0.05, 0) is 55.2 Å². The van der Waals surface area contributed by atoms with Gasteiger partial charge < -0.3 is 5.32 Å². The molecule has 1 heterocycles. The van der Waals surface area contributed by atoms with Crippen molar-refractivity contribution in [1.29, 1.82) is 0 Å². The van der Waals surface area contributed by atoms with Crippen molar-refractivity contribution in [3.05, 3.63) is 23.8 Å². The van der Waals surface area contributed by atoms with E-state index >= 15 is 0 Å². The van der Waals surface area contributed by atoms with Crippen molar-refractivity contribution in [2.75, 3.05) is 5.32 Å². The third-order valence-electron chi connectivity index (χ3n) is 6.71. The second-order valence-electron chi connectivity index (χ2n) is 8.59.